The molecule has 0 spiro atoms. The van der Waals surface area contributed by atoms with Crippen LogP contribution < -0.4 is 5.73 Å². The molecule has 6 nitrogen and oxygen atoms in total. The van der Waals surface area contributed by atoms with Crippen LogP contribution in [0.3, 0.4) is 0 Å². The smallest absolute Gasteiger partial charge is 0.220 e. The Balaban J connectivity index is 2.68. The third-order valence-electron chi connectivity index (χ3n) is 2.24. The average Bonchev–Trinajstić information content (AvgIpc) is 2.92. The van der Waals surface area contributed by atoms with Gasteiger partial charge in [-0.1, -0.05) is 5.16 Å². The van der Waals surface area contributed by atoms with Crippen LogP contribution in [-0.2, 0) is 0 Å². The van der Waals surface area contributed by atoms with Crippen LogP contribution in [-0.4, -0.2) is 25.8 Å². The molecule has 0 amide bonds. The van der Waals surface area contributed by atoms with Gasteiger partial charge >= 0.3 is 0 Å². The molecule has 1 heterocycles. The SMILES string of the molecule is NC(=NO)c1ncn(-c2c(F)c(F)c(F)c(F)c2F)n1. The summed E-state index contributed by atoms with van der Waals surface area (Å²) in [5, 5.41) is 14.2. The van der Waals surface area contributed by atoms with Crippen LogP contribution in [0.5, 0.6) is 0 Å². The van der Waals surface area contributed by atoms with Gasteiger partial charge in [0.2, 0.25) is 17.5 Å². The van der Waals surface area contributed by atoms with Crippen molar-refractivity contribution in [1.29, 1.82) is 0 Å². The van der Waals surface area contributed by atoms with E-state index in [4.69, 9.17) is 10.9 Å². The quantitative estimate of drug-likeness (QED) is 0.165. The molecular weight excluding hydrogens is 289 g/mol. The van der Waals surface area contributed by atoms with Gasteiger partial charge in [0.05, 0.1) is 0 Å². The second kappa shape index (κ2) is 4.75. The number of nitrogens with two attached hydrogens (primary N) is 1. The molecule has 0 aliphatic carbocycles. The molecule has 0 aliphatic heterocycles. The van der Waals surface area contributed by atoms with Crippen molar-refractivity contribution in [3.8, 4) is 5.69 Å². The van der Waals surface area contributed by atoms with Crippen molar-refractivity contribution < 1.29 is 27.2 Å². The number of hydrogen-bond acceptors (Lipinski definition) is 4. The lowest BCUT2D eigenvalue weighted by Crippen LogP contribution is -2.16. The van der Waals surface area contributed by atoms with E-state index < -0.39 is 46.4 Å². The van der Waals surface area contributed by atoms with E-state index in [9.17, 15) is 22.0 Å². The molecule has 0 bridgehead atoms. The van der Waals surface area contributed by atoms with Gasteiger partial charge in [-0.3, -0.25) is 0 Å². The topological polar surface area (TPSA) is 89.3 Å². The Hall–Kier alpha value is -2.72. The Morgan fingerprint density at radius 1 is 1.05 bits per heavy atom. The number of rotatable bonds is 2. The normalized spacial score (nSPS) is 11.9. The lowest BCUT2D eigenvalue weighted by molar-refractivity contribution is 0.318. The fraction of sp³-hybridized carbons (Fsp3) is 0. The maximum atomic E-state index is 13.5. The van der Waals surface area contributed by atoms with E-state index in [0.717, 1.165) is 0 Å². The zero-order valence-corrected chi connectivity index (χ0v) is 9.28. The Morgan fingerprint density at radius 2 is 1.55 bits per heavy atom. The van der Waals surface area contributed by atoms with Crippen LogP contribution in [0.1, 0.15) is 5.82 Å². The number of oxime groups is 1. The summed E-state index contributed by atoms with van der Waals surface area (Å²) >= 11 is 0. The van der Waals surface area contributed by atoms with E-state index >= 15 is 0 Å². The summed E-state index contributed by atoms with van der Waals surface area (Å²) in [5.41, 5.74) is 3.78. The first-order chi connectivity index (χ1) is 9.38. The summed E-state index contributed by atoms with van der Waals surface area (Å²) in [6.07, 6.45) is 0.644. The minimum absolute atomic E-state index is 0.281. The largest absolute Gasteiger partial charge is 0.409 e. The standard InChI is InChI=1S/C9H4F5N5O/c10-2-3(11)5(13)7(6(14)4(2)12)19-1-16-9(17-19)8(15)18-20/h1,20H,(H2,15,18). The van der Waals surface area contributed by atoms with Gasteiger partial charge in [0.25, 0.3) is 0 Å². The highest BCUT2D eigenvalue weighted by molar-refractivity contribution is 5.93. The number of aromatic nitrogens is 3. The lowest BCUT2D eigenvalue weighted by Gasteiger charge is -2.07. The molecule has 3 N–H and O–H groups in total. The predicted molar refractivity (Wildman–Crippen MR) is 53.7 cm³/mol. The molecule has 0 radical (unpaired) electrons. The van der Waals surface area contributed by atoms with Gasteiger partial charge in [0.1, 0.15) is 12.0 Å². The van der Waals surface area contributed by atoms with E-state index in [0.29, 0.717) is 6.33 Å². The van der Waals surface area contributed by atoms with Crippen LogP contribution in [0.15, 0.2) is 11.5 Å². The molecule has 2 rings (SSSR count). The maximum absolute atomic E-state index is 13.5. The molecule has 20 heavy (non-hydrogen) atoms. The Labute approximate surface area is 106 Å². The van der Waals surface area contributed by atoms with Crippen LogP contribution >= 0.6 is 0 Å². The van der Waals surface area contributed by atoms with E-state index in [1.54, 1.807) is 0 Å². The zero-order chi connectivity index (χ0) is 15.0. The minimum atomic E-state index is -2.29. The predicted octanol–water partition coefficient (Wildman–Crippen LogP) is 1.06. The van der Waals surface area contributed by atoms with Crippen LogP contribution in [0.4, 0.5) is 22.0 Å². The van der Waals surface area contributed by atoms with Crippen LogP contribution in [0, 0.1) is 29.1 Å². The molecule has 11 heteroatoms. The highest BCUT2D eigenvalue weighted by Crippen LogP contribution is 2.25. The number of nitrogens with zero attached hydrogens (tertiary/aromatic N) is 4. The van der Waals surface area contributed by atoms with E-state index in [1.165, 1.54) is 0 Å². The van der Waals surface area contributed by atoms with E-state index in [2.05, 4.69) is 15.2 Å². The summed E-state index contributed by atoms with van der Waals surface area (Å²) in [4.78, 5) is 3.39. The second-order valence-corrected chi connectivity index (χ2v) is 3.42. The van der Waals surface area contributed by atoms with Crippen molar-refractivity contribution in [3.05, 3.63) is 41.2 Å². The maximum Gasteiger partial charge on any atom is 0.220 e. The van der Waals surface area contributed by atoms with Gasteiger partial charge < -0.3 is 10.9 Å². The highest BCUT2D eigenvalue weighted by atomic mass is 19.2. The molecule has 1 aromatic heterocycles. The summed E-state index contributed by atoms with van der Waals surface area (Å²) in [5.74, 6) is -11.8. The van der Waals surface area contributed by atoms with E-state index in [-0.39, 0.29) is 4.68 Å². The van der Waals surface area contributed by atoms with Gasteiger partial charge in [-0.2, -0.15) is 0 Å². The fourth-order valence-electron chi connectivity index (χ4n) is 1.33. The summed E-state index contributed by atoms with van der Waals surface area (Å²) in [7, 11) is 0. The molecule has 106 valence electrons. The van der Waals surface area contributed by atoms with Crippen LogP contribution in [0.2, 0.25) is 0 Å². The molecule has 0 atom stereocenters. The number of hydrogen-bond donors (Lipinski definition) is 2. The third kappa shape index (κ3) is 1.92. The second-order valence-electron chi connectivity index (χ2n) is 3.42. The summed E-state index contributed by atoms with van der Waals surface area (Å²) in [6, 6.07) is 0. The molecule has 0 fully saturated rings. The number of amidine groups is 1. The fourth-order valence-corrected chi connectivity index (χ4v) is 1.33. The molecular formula is C9H4F5N5O. The monoisotopic (exact) mass is 293 g/mol. The van der Waals surface area contributed by atoms with E-state index in [1.807, 2.05) is 0 Å². The number of benzene rings is 1. The molecule has 0 unspecified atom stereocenters. The van der Waals surface area contributed by atoms with Crippen LogP contribution in [0.25, 0.3) is 5.69 Å². The average molecular weight is 293 g/mol. The molecule has 1 aromatic carbocycles. The summed E-state index contributed by atoms with van der Waals surface area (Å²) in [6.45, 7) is 0. The van der Waals surface area contributed by atoms with Gasteiger partial charge in [-0.25, -0.2) is 31.6 Å². The third-order valence-corrected chi connectivity index (χ3v) is 2.24. The Bertz CT molecular complexity index is 684. The zero-order valence-electron chi connectivity index (χ0n) is 9.28. The highest BCUT2D eigenvalue weighted by Gasteiger charge is 2.27. The first-order valence-electron chi connectivity index (χ1n) is 4.79. The Kier molecular flexibility index (Phi) is 3.26. The minimum Gasteiger partial charge on any atom is -0.409 e. The molecule has 0 saturated carbocycles. The number of halogens is 5. The van der Waals surface area contributed by atoms with Crippen molar-refractivity contribution in [2.24, 2.45) is 10.9 Å². The lowest BCUT2D eigenvalue weighted by atomic mass is 10.2. The molecule has 0 saturated heterocycles. The van der Waals surface area contributed by atoms with Crippen molar-refractivity contribution in [2.45, 2.75) is 0 Å². The van der Waals surface area contributed by atoms with Crippen molar-refractivity contribution in [1.82, 2.24) is 14.8 Å². The van der Waals surface area contributed by atoms with Gasteiger partial charge in [0.15, 0.2) is 23.3 Å². The van der Waals surface area contributed by atoms with Crippen molar-refractivity contribution in [2.75, 3.05) is 0 Å². The summed E-state index contributed by atoms with van der Waals surface area (Å²) < 4.78 is 66.1. The van der Waals surface area contributed by atoms with Gasteiger partial charge in [-0.15, -0.1) is 5.10 Å². The molecule has 0 aliphatic rings. The van der Waals surface area contributed by atoms with Crippen molar-refractivity contribution in [3.63, 3.8) is 0 Å². The van der Waals surface area contributed by atoms with Crippen molar-refractivity contribution >= 4 is 5.84 Å². The Morgan fingerprint density at radius 3 is 2.05 bits per heavy atom. The molecule has 2 aromatic rings. The van der Waals surface area contributed by atoms with Gasteiger partial charge in [0, 0.05) is 0 Å². The first kappa shape index (κ1) is 13.7. The van der Waals surface area contributed by atoms with Gasteiger partial charge in [-0.05, 0) is 0 Å². The first-order valence-corrected chi connectivity index (χ1v) is 4.79.